The quantitative estimate of drug-likeness (QED) is 0.532. The molecule has 2 N–H and O–H groups in total. The van der Waals surface area contributed by atoms with Crippen molar-refractivity contribution in [1.29, 1.82) is 0 Å². The van der Waals surface area contributed by atoms with Gasteiger partial charge in [-0.05, 0) is 17.7 Å². The average molecular weight is 361 g/mol. The minimum absolute atomic E-state index is 0. The molecular formula is C20H25ClN2O2. The number of amides is 1. The first-order valence-corrected chi connectivity index (χ1v) is 8.37. The van der Waals surface area contributed by atoms with Gasteiger partial charge >= 0.3 is 0 Å². The molecular weight excluding hydrogens is 336 g/mol. The molecule has 1 amide bonds. The first kappa shape index (κ1) is 20.9. The second-order valence-electron chi connectivity index (χ2n) is 5.57. The molecule has 0 unspecified atom stereocenters. The van der Waals surface area contributed by atoms with Gasteiger partial charge in [-0.2, -0.15) is 0 Å². The molecule has 25 heavy (non-hydrogen) atoms. The second kappa shape index (κ2) is 11.4. The van der Waals surface area contributed by atoms with E-state index in [1.165, 1.54) is 0 Å². The van der Waals surface area contributed by atoms with Crippen molar-refractivity contribution in [1.82, 2.24) is 10.6 Å². The standard InChI is InChI=1S/C20H24N2O2.ClH/c1-2-21-14-15-22-20(24)13-12-19(23)18-10-8-17(9-11-18)16-6-4-3-5-7-16;/h3-11,21H,2,12-15H2,1H3,(H,22,24);1H. The third-order valence-electron chi connectivity index (χ3n) is 3.77. The third kappa shape index (κ3) is 7.08. The number of rotatable bonds is 9. The van der Waals surface area contributed by atoms with Crippen LogP contribution in [0.5, 0.6) is 0 Å². The van der Waals surface area contributed by atoms with Crippen LogP contribution in [0.15, 0.2) is 54.6 Å². The SMILES string of the molecule is CCNCCNC(=O)CCC(=O)c1ccc(-c2ccccc2)cc1.Cl. The number of hydrogen-bond acceptors (Lipinski definition) is 3. The Bertz CT molecular complexity index is 657. The van der Waals surface area contributed by atoms with Crippen LogP contribution in [0.3, 0.4) is 0 Å². The fourth-order valence-corrected chi connectivity index (χ4v) is 2.41. The molecule has 0 fully saturated rings. The maximum absolute atomic E-state index is 12.2. The van der Waals surface area contributed by atoms with E-state index in [0.29, 0.717) is 12.1 Å². The Morgan fingerprint density at radius 1 is 0.840 bits per heavy atom. The van der Waals surface area contributed by atoms with Gasteiger partial charge in [0.25, 0.3) is 0 Å². The molecule has 0 radical (unpaired) electrons. The number of nitrogens with one attached hydrogen (secondary N) is 2. The highest BCUT2D eigenvalue weighted by Crippen LogP contribution is 2.19. The predicted molar refractivity (Wildman–Crippen MR) is 104 cm³/mol. The minimum Gasteiger partial charge on any atom is -0.355 e. The number of carbonyl (C=O) groups excluding carboxylic acids is 2. The number of likely N-dealkylation sites (N-methyl/N-ethyl adjacent to an activating group) is 1. The molecule has 134 valence electrons. The zero-order chi connectivity index (χ0) is 17.2. The summed E-state index contributed by atoms with van der Waals surface area (Å²) in [4.78, 5) is 23.9. The molecule has 0 saturated carbocycles. The lowest BCUT2D eigenvalue weighted by Gasteiger charge is -2.06. The Morgan fingerprint density at radius 2 is 1.48 bits per heavy atom. The molecule has 5 heteroatoms. The molecule has 2 aromatic carbocycles. The number of ketones is 1. The molecule has 0 spiro atoms. The molecule has 0 aliphatic rings. The van der Waals surface area contributed by atoms with E-state index in [1.807, 2.05) is 61.5 Å². The van der Waals surface area contributed by atoms with Crippen molar-refractivity contribution in [2.24, 2.45) is 0 Å². The molecule has 2 aromatic rings. The average Bonchev–Trinajstić information content (AvgIpc) is 2.64. The fraction of sp³-hybridized carbons (Fsp3) is 0.300. The lowest BCUT2D eigenvalue weighted by Crippen LogP contribution is -2.31. The summed E-state index contributed by atoms with van der Waals surface area (Å²) >= 11 is 0. The highest BCUT2D eigenvalue weighted by Gasteiger charge is 2.09. The van der Waals surface area contributed by atoms with Gasteiger partial charge in [-0.3, -0.25) is 9.59 Å². The minimum atomic E-state index is -0.0813. The van der Waals surface area contributed by atoms with Crippen LogP contribution in [0.1, 0.15) is 30.1 Å². The smallest absolute Gasteiger partial charge is 0.220 e. The first-order chi connectivity index (χ1) is 11.7. The van der Waals surface area contributed by atoms with Crippen molar-refractivity contribution in [2.75, 3.05) is 19.6 Å². The van der Waals surface area contributed by atoms with Gasteiger partial charge < -0.3 is 10.6 Å². The van der Waals surface area contributed by atoms with Gasteiger partial charge in [-0.1, -0.05) is 61.5 Å². The number of Topliss-reactive ketones (excluding diaryl/α,β-unsaturated/α-hetero) is 1. The van der Waals surface area contributed by atoms with Crippen LogP contribution in [0.4, 0.5) is 0 Å². The van der Waals surface area contributed by atoms with Crippen LogP contribution in [-0.4, -0.2) is 31.3 Å². The van der Waals surface area contributed by atoms with Crippen LogP contribution in [-0.2, 0) is 4.79 Å². The summed E-state index contributed by atoms with van der Waals surface area (Å²) in [5.74, 6) is -0.0846. The van der Waals surface area contributed by atoms with E-state index in [4.69, 9.17) is 0 Å². The lowest BCUT2D eigenvalue weighted by molar-refractivity contribution is -0.121. The zero-order valence-electron chi connectivity index (χ0n) is 14.5. The van der Waals surface area contributed by atoms with Gasteiger partial charge in [0.15, 0.2) is 5.78 Å². The van der Waals surface area contributed by atoms with Crippen LogP contribution >= 0.6 is 12.4 Å². The fourth-order valence-electron chi connectivity index (χ4n) is 2.41. The molecule has 0 atom stereocenters. The Labute approximate surface area is 155 Å². The van der Waals surface area contributed by atoms with Crippen molar-refractivity contribution in [2.45, 2.75) is 19.8 Å². The first-order valence-electron chi connectivity index (χ1n) is 8.37. The summed E-state index contributed by atoms with van der Waals surface area (Å²) in [6, 6.07) is 17.6. The molecule has 2 rings (SSSR count). The van der Waals surface area contributed by atoms with E-state index in [0.717, 1.165) is 24.2 Å². The Kier molecular flexibility index (Phi) is 9.51. The normalized spacial score (nSPS) is 9.96. The monoisotopic (exact) mass is 360 g/mol. The van der Waals surface area contributed by atoms with E-state index in [1.54, 1.807) is 0 Å². The molecule has 0 bridgehead atoms. The summed E-state index contributed by atoms with van der Waals surface area (Å²) in [6.45, 7) is 4.24. The van der Waals surface area contributed by atoms with Crippen molar-refractivity contribution in [3.8, 4) is 11.1 Å². The Hall–Kier alpha value is -2.17. The maximum atomic E-state index is 12.2. The number of carbonyl (C=O) groups is 2. The van der Waals surface area contributed by atoms with Crippen LogP contribution in [0.25, 0.3) is 11.1 Å². The summed E-state index contributed by atoms with van der Waals surface area (Å²) in [5.41, 5.74) is 2.85. The van der Waals surface area contributed by atoms with E-state index >= 15 is 0 Å². The van der Waals surface area contributed by atoms with Crippen molar-refractivity contribution in [3.05, 3.63) is 60.2 Å². The number of benzene rings is 2. The van der Waals surface area contributed by atoms with Gasteiger partial charge in [0.1, 0.15) is 0 Å². The number of halogens is 1. The molecule has 4 nitrogen and oxygen atoms in total. The van der Waals surface area contributed by atoms with Crippen LogP contribution in [0.2, 0.25) is 0 Å². The highest BCUT2D eigenvalue weighted by molar-refractivity contribution is 5.98. The van der Waals surface area contributed by atoms with Crippen molar-refractivity contribution < 1.29 is 9.59 Å². The van der Waals surface area contributed by atoms with E-state index in [-0.39, 0.29) is 36.9 Å². The molecule has 0 saturated heterocycles. The van der Waals surface area contributed by atoms with Gasteiger partial charge in [0, 0.05) is 31.5 Å². The topological polar surface area (TPSA) is 58.2 Å². The summed E-state index contributed by atoms with van der Waals surface area (Å²) in [6.07, 6.45) is 0.461. The van der Waals surface area contributed by atoms with Crippen LogP contribution < -0.4 is 10.6 Å². The maximum Gasteiger partial charge on any atom is 0.220 e. The lowest BCUT2D eigenvalue weighted by atomic mass is 10.0. The zero-order valence-corrected chi connectivity index (χ0v) is 15.3. The Balaban J connectivity index is 0.00000312. The van der Waals surface area contributed by atoms with Crippen LogP contribution in [0, 0.1) is 0 Å². The van der Waals surface area contributed by atoms with Gasteiger partial charge in [0.2, 0.25) is 5.91 Å². The molecule has 0 aliphatic heterocycles. The second-order valence-corrected chi connectivity index (χ2v) is 5.57. The van der Waals surface area contributed by atoms with Crippen molar-refractivity contribution >= 4 is 24.1 Å². The Morgan fingerprint density at radius 3 is 2.12 bits per heavy atom. The van der Waals surface area contributed by atoms with Gasteiger partial charge in [-0.25, -0.2) is 0 Å². The molecule has 0 aliphatic carbocycles. The molecule has 0 heterocycles. The third-order valence-corrected chi connectivity index (χ3v) is 3.77. The predicted octanol–water partition coefficient (Wildman–Crippen LogP) is 3.46. The summed E-state index contributed by atoms with van der Waals surface area (Å²) < 4.78 is 0. The van der Waals surface area contributed by atoms with E-state index < -0.39 is 0 Å². The summed E-state index contributed by atoms with van der Waals surface area (Å²) in [7, 11) is 0. The van der Waals surface area contributed by atoms with E-state index in [9.17, 15) is 9.59 Å². The van der Waals surface area contributed by atoms with Gasteiger partial charge in [-0.15, -0.1) is 12.4 Å². The number of hydrogen-bond donors (Lipinski definition) is 2. The van der Waals surface area contributed by atoms with Crippen molar-refractivity contribution in [3.63, 3.8) is 0 Å². The highest BCUT2D eigenvalue weighted by atomic mass is 35.5. The van der Waals surface area contributed by atoms with E-state index in [2.05, 4.69) is 10.6 Å². The molecule has 0 aromatic heterocycles. The summed E-state index contributed by atoms with van der Waals surface area (Å²) in [5, 5.41) is 5.93. The largest absolute Gasteiger partial charge is 0.355 e. The van der Waals surface area contributed by atoms with Gasteiger partial charge in [0.05, 0.1) is 0 Å².